The van der Waals surface area contributed by atoms with Gasteiger partial charge in [0.15, 0.2) is 5.54 Å². The summed E-state index contributed by atoms with van der Waals surface area (Å²) < 4.78 is 31.4. The summed E-state index contributed by atoms with van der Waals surface area (Å²) in [6.45, 7) is 18.4. The van der Waals surface area contributed by atoms with Crippen molar-refractivity contribution in [2.45, 2.75) is 128 Å². The van der Waals surface area contributed by atoms with Crippen molar-refractivity contribution in [3.63, 3.8) is 0 Å². The SMILES string of the molecule is CN[C@H]1CS[C@@H](CCCCC(=O)NCCOCCOCCNC(=O)CCC[N+]2=c3cc4c(cc3C(C)=CC2(C)C)=C(c2c(Cl)c(C)c(Cl)c(Cl)c2C(=O)OC)c2cc3c(cc2O4)N(CCCCSOC)C(C)(C)C=C3C)[C@H]1NC=O. The maximum absolute atomic E-state index is 13.9. The number of halogens is 3. The summed E-state index contributed by atoms with van der Waals surface area (Å²) in [7, 11) is 4.93. The van der Waals surface area contributed by atoms with E-state index in [-0.39, 0.29) is 50.1 Å². The van der Waals surface area contributed by atoms with Gasteiger partial charge in [0.2, 0.25) is 23.6 Å². The first-order valence-electron chi connectivity index (χ1n) is 27.7. The lowest BCUT2D eigenvalue weighted by atomic mass is 9.83. The van der Waals surface area contributed by atoms with Gasteiger partial charge in [-0.2, -0.15) is 11.8 Å². The smallest absolute Gasteiger partial charge is 0.340 e. The molecule has 4 N–H and O–H groups in total. The van der Waals surface area contributed by atoms with Crippen LogP contribution < -0.4 is 46.1 Å². The Morgan fingerprint density at radius 1 is 0.825 bits per heavy atom. The van der Waals surface area contributed by atoms with E-state index in [1.165, 1.54) is 19.2 Å². The molecule has 0 radical (unpaired) electrons. The molecule has 4 heterocycles. The Labute approximate surface area is 495 Å². The lowest BCUT2D eigenvalue weighted by Gasteiger charge is -2.44. The van der Waals surface area contributed by atoms with Gasteiger partial charge in [0.25, 0.3) is 0 Å². The van der Waals surface area contributed by atoms with Crippen LogP contribution in [-0.4, -0.2) is 138 Å². The van der Waals surface area contributed by atoms with E-state index in [4.69, 9.17) is 57.9 Å². The minimum atomic E-state index is -0.672. The lowest BCUT2D eigenvalue weighted by molar-refractivity contribution is -0.122. The highest BCUT2D eigenvalue weighted by molar-refractivity contribution is 8.00. The van der Waals surface area contributed by atoms with Crippen LogP contribution in [0.25, 0.3) is 16.7 Å². The zero-order valence-corrected chi connectivity index (χ0v) is 51.9. The molecule has 0 aromatic heterocycles. The van der Waals surface area contributed by atoms with Gasteiger partial charge in [-0.05, 0) is 114 Å². The van der Waals surface area contributed by atoms with Gasteiger partial charge in [0.1, 0.15) is 18.0 Å². The molecule has 7 rings (SSSR count). The van der Waals surface area contributed by atoms with Crippen molar-refractivity contribution in [3.05, 3.63) is 95.4 Å². The Kier molecular flexibility index (Phi) is 22.8. The molecule has 0 saturated carbocycles. The highest BCUT2D eigenvalue weighted by Gasteiger charge is 2.39. The Hall–Kier alpha value is -4.30. The molecule has 3 atom stereocenters. The summed E-state index contributed by atoms with van der Waals surface area (Å²) in [4.78, 5) is 53.0. The summed E-state index contributed by atoms with van der Waals surface area (Å²) in [6.07, 6.45) is 11.3. The fraction of sp³-hybridized carbons (Fsp3) is 0.550. The highest BCUT2D eigenvalue weighted by atomic mass is 35.5. The van der Waals surface area contributed by atoms with E-state index in [0.717, 1.165) is 101 Å². The number of rotatable bonds is 29. The first-order valence-corrected chi connectivity index (χ1v) is 30.8. The van der Waals surface area contributed by atoms with E-state index in [9.17, 15) is 19.2 Å². The van der Waals surface area contributed by atoms with Gasteiger partial charge in [-0.3, -0.25) is 14.4 Å². The zero-order valence-electron chi connectivity index (χ0n) is 48.0. The Bertz CT molecular complexity index is 2990. The monoisotopic (exact) mass is 1200 g/mol. The first-order chi connectivity index (χ1) is 38.3. The molecule has 1 fully saturated rings. The predicted octanol–water partition coefficient (Wildman–Crippen LogP) is 9.28. The lowest BCUT2D eigenvalue weighted by Crippen LogP contribution is -2.50. The number of thioether (sulfide) groups is 1. The average molecular weight is 1200 g/mol. The van der Waals surface area contributed by atoms with Gasteiger partial charge in [0.05, 0.1) is 78.9 Å². The number of hydrogen-bond donors (Lipinski definition) is 4. The van der Waals surface area contributed by atoms with Crippen LogP contribution in [0.3, 0.4) is 0 Å². The van der Waals surface area contributed by atoms with Crippen LogP contribution in [0.1, 0.15) is 131 Å². The molecule has 3 amide bonds. The number of ether oxygens (including phenoxy) is 4. The topological polar surface area (TPSA) is 169 Å². The second kappa shape index (κ2) is 28.8. The molecule has 0 unspecified atom stereocenters. The molecule has 3 aromatic rings. The molecule has 80 heavy (non-hydrogen) atoms. The van der Waals surface area contributed by atoms with Crippen molar-refractivity contribution in [1.29, 1.82) is 0 Å². The third-order valence-corrected chi connectivity index (χ3v) is 19.1. The largest absolute Gasteiger partial charge is 0.465 e. The van der Waals surface area contributed by atoms with E-state index in [0.29, 0.717) is 98.8 Å². The van der Waals surface area contributed by atoms with Gasteiger partial charge < -0.3 is 49.3 Å². The minimum Gasteiger partial charge on any atom is -0.465 e. The molecule has 1 saturated heterocycles. The number of methoxy groups -OCH3 is 1. The number of benzene rings is 3. The number of fused-ring (bicyclic) bond motifs is 4. The number of carbonyl (C=O) groups excluding carboxylic acids is 4. The van der Waals surface area contributed by atoms with Crippen LogP contribution in [0.4, 0.5) is 5.69 Å². The quantitative estimate of drug-likeness (QED) is 0.0102. The molecule has 15 nitrogen and oxygen atoms in total. The maximum atomic E-state index is 13.9. The summed E-state index contributed by atoms with van der Waals surface area (Å²) in [6, 6.07) is 8.83. The number of nitrogens with zero attached hydrogens (tertiary/aromatic N) is 2. The molecule has 3 aromatic carbocycles. The second-order valence-electron chi connectivity index (χ2n) is 21.8. The summed E-state index contributed by atoms with van der Waals surface area (Å²) >= 11 is 24.5. The van der Waals surface area contributed by atoms with Gasteiger partial charge in [-0.1, -0.05) is 47.3 Å². The van der Waals surface area contributed by atoms with E-state index >= 15 is 0 Å². The van der Waals surface area contributed by atoms with Gasteiger partial charge in [-0.15, -0.1) is 0 Å². The van der Waals surface area contributed by atoms with E-state index in [1.54, 1.807) is 14.0 Å². The third-order valence-electron chi connectivity index (χ3n) is 15.5. The molecule has 4 aliphatic rings. The van der Waals surface area contributed by atoms with Crippen molar-refractivity contribution < 1.29 is 42.3 Å². The summed E-state index contributed by atoms with van der Waals surface area (Å²) in [5.74, 6) is 2.29. The second-order valence-corrected chi connectivity index (χ2v) is 25.2. The average Bonchev–Trinajstić information content (AvgIpc) is 3.98. The number of anilines is 1. The number of allylic oxidation sites excluding steroid dienone is 2. The molecule has 0 aliphatic carbocycles. The fourth-order valence-electron chi connectivity index (χ4n) is 11.5. The van der Waals surface area contributed by atoms with E-state index < -0.39 is 11.5 Å². The van der Waals surface area contributed by atoms with Crippen LogP contribution in [0.2, 0.25) is 15.1 Å². The normalized spacial score (nSPS) is 18.5. The maximum Gasteiger partial charge on any atom is 0.340 e. The molecule has 0 spiro atoms. The minimum absolute atomic E-state index is 0.00208. The molecule has 4 aliphatic heterocycles. The van der Waals surface area contributed by atoms with Crippen LogP contribution in [0, 0.1) is 6.92 Å². The Morgan fingerprint density at radius 2 is 1.51 bits per heavy atom. The Morgan fingerprint density at radius 3 is 2.17 bits per heavy atom. The molecular formula is C60H80Cl3N6O9S2+. The number of amides is 3. The predicted molar refractivity (Wildman–Crippen MR) is 326 cm³/mol. The van der Waals surface area contributed by atoms with Crippen LogP contribution in [-0.2, 0) is 32.8 Å². The summed E-state index contributed by atoms with van der Waals surface area (Å²) in [5.41, 5.74) is 6.92. The van der Waals surface area contributed by atoms with Gasteiger partial charge in [-0.25, -0.2) is 9.37 Å². The number of hydrogen-bond acceptors (Lipinski definition) is 13. The third kappa shape index (κ3) is 14.7. The van der Waals surface area contributed by atoms with Crippen molar-refractivity contribution >= 4 is 105 Å². The number of unbranched alkanes of at least 4 members (excludes halogenated alkanes) is 2. The number of nitrogens with one attached hydrogen (secondary N) is 4. The van der Waals surface area contributed by atoms with Gasteiger partial charge >= 0.3 is 5.97 Å². The molecular weight excluding hydrogens is 1120 g/mol. The number of carbonyl (C=O) groups is 4. The van der Waals surface area contributed by atoms with Crippen LogP contribution in [0.15, 0.2) is 36.4 Å². The van der Waals surface area contributed by atoms with Crippen molar-refractivity contribution in [3.8, 4) is 11.5 Å². The first kappa shape index (κ1) is 63.3. The van der Waals surface area contributed by atoms with Crippen LogP contribution >= 0.6 is 58.6 Å². The highest BCUT2D eigenvalue weighted by Crippen LogP contribution is 2.50. The number of likely N-dealkylation sites (N-methyl/N-ethyl adjacent to an activating group) is 1. The van der Waals surface area contributed by atoms with Gasteiger partial charge in [0, 0.05) is 120 Å². The fourth-order valence-corrected chi connectivity index (χ4v) is 14.5. The van der Waals surface area contributed by atoms with Crippen LogP contribution in [0.5, 0.6) is 11.5 Å². The number of esters is 1. The zero-order chi connectivity index (χ0) is 57.9. The Balaban J connectivity index is 1.02. The molecule has 436 valence electrons. The standard InChI is InChI=1S/C60H79Cl3N6O9S2/c1-36-32-59(4,5)68(21-13-14-27-80-75-10)44-30-46-41(28-39(36)44)51(52-53(58(73)74-9)56(63)55(62)38(3)54(52)61)42-29-40-37(2)33-60(6,7)69(45(40)31-47(42)78-46)22-15-18-50(72)66-20-24-77-26-25-76-23-19-65-49(71)17-12-11-16-48-57(67-35-70)43(64-8)34-79-48/h28-33,35,43,48,57,64H,11-27,34H2,1-10H3,(H2-,65,66,67,70,71,72)/p+1/t43-,48-,57-/m0/s1. The van der Waals surface area contributed by atoms with E-state index in [1.807, 2.05) is 18.8 Å². The molecule has 20 heteroatoms. The van der Waals surface area contributed by atoms with Crippen molar-refractivity contribution in [2.24, 2.45) is 0 Å². The van der Waals surface area contributed by atoms with Crippen molar-refractivity contribution in [2.75, 3.05) is 90.3 Å². The van der Waals surface area contributed by atoms with E-state index in [2.05, 4.69) is 109 Å². The van der Waals surface area contributed by atoms with Crippen molar-refractivity contribution in [1.82, 2.24) is 25.8 Å². The summed E-state index contributed by atoms with van der Waals surface area (Å²) in [5, 5.41) is 14.7. The molecule has 0 bridgehead atoms.